The first kappa shape index (κ1) is 11.9. The number of nitrogens with two attached hydrogens (primary N) is 1. The van der Waals surface area contributed by atoms with Crippen molar-refractivity contribution in [3.8, 4) is 0 Å². The van der Waals surface area contributed by atoms with Gasteiger partial charge in [0.25, 0.3) is 0 Å². The minimum Gasteiger partial charge on any atom is -0.378 e. The van der Waals surface area contributed by atoms with Crippen LogP contribution in [0.2, 0.25) is 0 Å². The fourth-order valence-electron chi connectivity index (χ4n) is 2.04. The van der Waals surface area contributed by atoms with Crippen molar-refractivity contribution >= 4 is 11.6 Å². The summed E-state index contributed by atoms with van der Waals surface area (Å²) in [6.45, 7) is 3.40. The maximum atomic E-state index is 5.97. The molecule has 100 valence electrons. The Balaban J connectivity index is 1.74. The highest BCUT2D eigenvalue weighted by atomic mass is 16.5. The number of aromatic nitrogens is 3. The molecule has 7 heteroatoms. The van der Waals surface area contributed by atoms with E-state index in [2.05, 4.69) is 15.2 Å². The lowest BCUT2D eigenvalue weighted by molar-refractivity contribution is 0.0674. The molecule has 0 atom stereocenters. The highest BCUT2D eigenvalue weighted by molar-refractivity contribution is 5.78. The largest absolute Gasteiger partial charge is 0.378 e. The van der Waals surface area contributed by atoms with Crippen molar-refractivity contribution in [3.63, 3.8) is 0 Å². The van der Waals surface area contributed by atoms with Gasteiger partial charge in [0.05, 0.1) is 13.2 Å². The smallest absolute Gasteiger partial charge is 0.191 e. The number of fused-ring (bicyclic) bond motifs is 1. The van der Waals surface area contributed by atoms with Crippen molar-refractivity contribution in [2.75, 3.05) is 26.3 Å². The normalized spacial score (nSPS) is 17.1. The molecule has 19 heavy (non-hydrogen) atoms. The van der Waals surface area contributed by atoms with E-state index in [0.717, 1.165) is 24.6 Å². The van der Waals surface area contributed by atoms with Crippen molar-refractivity contribution in [2.45, 2.75) is 6.54 Å². The number of nitrogens with zero attached hydrogens (tertiary/aromatic N) is 5. The number of guanidine groups is 1. The summed E-state index contributed by atoms with van der Waals surface area (Å²) in [6, 6.07) is 5.78. The molecule has 3 heterocycles. The van der Waals surface area contributed by atoms with Crippen molar-refractivity contribution in [3.05, 3.63) is 30.2 Å². The highest BCUT2D eigenvalue weighted by Crippen LogP contribution is 2.04. The molecule has 2 aromatic heterocycles. The fourth-order valence-corrected chi connectivity index (χ4v) is 2.04. The SMILES string of the molecule is NC(=NCc1nnc2ccccn12)N1CCOCC1. The first-order chi connectivity index (χ1) is 9.34. The number of hydrogen-bond acceptors (Lipinski definition) is 4. The Hall–Kier alpha value is -2.15. The van der Waals surface area contributed by atoms with Gasteiger partial charge in [-0.1, -0.05) is 6.07 Å². The molecule has 0 aromatic carbocycles. The van der Waals surface area contributed by atoms with Crippen molar-refractivity contribution in [1.82, 2.24) is 19.5 Å². The highest BCUT2D eigenvalue weighted by Gasteiger charge is 2.12. The molecule has 7 nitrogen and oxygen atoms in total. The zero-order valence-electron chi connectivity index (χ0n) is 10.6. The van der Waals surface area contributed by atoms with E-state index in [0.29, 0.717) is 25.7 Å². The standard InChI is InChI=1S/C12H16N6O/c13-12(17-5-7-19-8-6-17)14-9-11-16-15-10-3-1-2-4-18(10)11/h1-4H,5-9H2,(H2,13,14). The summed E-state index contributed by atoms with van der Waals surface area (Å²) < 4.78 is 7.19. The molecule has 1 fully saturated rings. The van der Waals surface area contributed by atoms with Crippen LogP contribution >= 0.6 is 0 Å². The Morgan fingerprint density at radius 3 is 3.00 bits per heavy atom. The second-order valence-corrected chi connectivity index (χ2v) is 4.32. The van der Waals surface area contributed by atoms with E-state index in [1.807, 2.05) is 33.7 Å². The summed E-state index contributed by atoms with van der Waals surface area (Å²) in [7, 11) is 0. The van der Waals surface area contributed by atoms with E-state index in [4.69, 9.17) is 10.5 Å². The van der Waals surface area contributed by atoms with Crippen LogP contribution in [-0.4, -0.2) is 51.8 Å². The molecule has 0 saturated carbocycles. The lowest BCUT2D eigenvalue weighted by Crippen LogP contribution is -2.44. The van der Waals surface area contributed by atoms with E-state index in [1.54, 1.807) is 0 Å². The molecule has 0 unspecified atom stereocenters. The van der Waals surface area contributed by atoms with Gasteiger partial charge >= 0.3 is 0 Å². The molecule has 0 radical (unpaired) electrons. The van der Waals surface area contributed by atoms with Gasteiger partial charge in [0.15, 0.2) is 17.4 Å². The quantitative estimate of drug-likeness (QED) is 0.601. The summed E-state index contributed by atoms with van der Waals surface area (Å²) in [4.78, 5) is 6.40. The van der Waals surface area contributed by atoms with Gasteiger partial charge in [-0.05, 0) is 12.1 Å². The summed E-state index contributed by atoms with van der Waals surface area (Å²) in [5, 5.41) is 8.20. The maximum Gasteiger partial charge on any atom is 0.191 e. The van der Waals surface area contributed by atoms with Gasteiger partial charge < -0.3 is 15.4 Å². The van der Waals surface area contributed by atoms with E-state index in [1.165, 1.54) is 0 Å². The Morgan fingerprint density at radius 1 is 1.32 bits per heavy atom. The number of rotatable bonds is 2. The average molecular weight is 260 g/mol. The summed E-state index contributed by atoms with van der Waals surface area (Å²) in [5.41, 5.74) is 6.79. The Bertz CT molecular complexity index is 587. The molecule has 1 saturated heterocycles. The lowest BCUT2D eigenvalue weighted by Gasteiger charge is -2.27. The van der Waals surface area contributed by atoms with E-state index in [-0.39, 0.29) is 0 Å². The second-order valence-electron chi connectivity index (χ2n) is 4.32. The second kappa shape index (κ2) is 5.23. The van der Waals surface area contributed by atoms with E-state index >= 15 is 0 Å². The molecule has 0 bridgehead atoms. The number of morpholine rings is 1. The molecule has 0 spiro atoms. The molecule has 3 rings (SSSR count). The molecule has 0 amide bonds. The zero-order chi connectivity index (χ0) is 13.1. The van der Waals surface area contributed by atoms with Crippen LogP contribution in [0.1, 0.15) is 5.82 Å². The average Bonchev–Trinajstić information content (AvgIpc) is 2.89. The monoisotopic (exact) mass is 260 g/mol. The first-order valence-electron chi connectivity index (χ1n) is 6.26. The predicted molar refractivity (Wildman–Crippen MR) is 70.7 cm³/mol. The van der Waals surface area contributed by atoms with Gasteiger partial charge in [-0.15, -0.1) is 10.2 Å². The van der Waals surface area contributed by atoms with Crippen LogP contribution < -0.4 is 5.73 Å². The first-order valence-corrected chi connectivity index (χ1v) is 6.26. The topological polar surface area (TPSA) is 81.0 Å². The fraction of sp³-hybridized carbons (Fsp3) is 0.417. The van der Waals surface area contributed by atoms with Gasteiger partial charge in [-0.2, -0.15) is 0 Å². The van der Waals surface area contributed by atoms with Crippen LogP contribution in [0.5, 0.6) is 0 Å². The van der Waals surface area contributed by atoms with Crippen LogP contribution in [0.25, 0.3) is 5.65 Å². The van der Waals surface area contributed by atoms with E-state index in [9.17, 15) is 0 Å². The van der Waals surface area contributed by atoms with Crippen molar-refractivity contribution < 1.29 is 4.74 Å². The van der Waals surface area contributed by atoms with Crippen LogP contribution in [0.15, 0.2) is 29.4 Å². The van der Waals surface area contributed by atoms with Crippen molar-refractivity contribution in [1.29, 1.82) is 0 Å². The summed E-state index contributed by atoms with van der Waals surface area (Å²) >= 11 is 0. The minimum absolute atomic E-state index is 0.425. The summed E-state index contributed by atoms with van der Waals surface area (Å²) in [5.74, 6) is 1.32. The predicted octanol–water partition coefficient (Wildman–Crippen LogP) is -0.124. The molecule has 0 aliphatic carbocycles. The number of hydrogen-bond donors (Lipinski definition) is 1. The van der Waals surface area contributed by atoms with Crippen LogP contribution in [0.4, 0.5) is 0 Å². The number of aliphatic imine (C=N–C) groups is 1. The number of pyridine rings is 1. The Kier molecular flexibility index (Phi) is 3.28. The molecule has 2 aromatic rings. The van der Waals surface area contributed by atoms with Gasteiger partial charge in [-0.25, -0.2) is 4.99 Å². The van der Waals surface area contributed by atoms with Gasteiger partial charge in [-0.3, -0.25) is 4.40 Å². The van der Waals surface area contributed by atoms with Crippen LogP contribution in [0.3, 0.4) is 0 Å². The number of ether oxygens (including phenoxy) is 1. The molecule has 1 aliphatic rings. The molecule has 1 aliphatic heterocycles. The third kappa shape index (κ3) is 2.50. The zero-order valence-corrected chi connectivity index (χ0v) is 10.6. The molecular formula is C12H16N6O. The van der Waals surface area contributed by atoms with Crippen molar-refractivity contribution in [2.24, 2.45) is 10.7 Å². The van der Waals surface area contributed by atoms with E-state index < -0.39 is 0 Å². The Morgan fingerprint density at radius 2 is 2.16 bits per heavy atom. The van der Waals surface area contributed by atoms with Gasteiger partial charge in [0, 0.05) is 19.3 Å². The third-order valence-corrected chi connectivity index (χ3v) is 3.10. The Labute approximate surface area is 110 Å². The third-order valence-electron chi connectivity index (χ3n) is 3.10. The molecular weight excluding hydrogens is 244 g/mol. The van der Waals surface area contributed by atoms with Crippen LogP contribution in [0, 0.1) is 0 Å². The van der Waals surface area contributed by atoms with Gasteiger partial charge in [0.2, 0.25) is 0 Å². The maximum absolute atomic E-state index is 5.97. The van der Waals surface area contributed by atoms with Gasteiger partial charge in [0.1, 0.15) is 6.54 Å². The van der Waals surface area contributed by atoms with Crippen LogP contribution in [-0.2, 0) is 11.3 Å². The molecule has 2 N–H and O–H groups in total. The lowest BCUT2D eigenvalue weighted by atomic mass is 10.4. The minimum atomic E-state index is 0.425. The summed E-state index contributed by atoms with van der Waals surface area (Å²) in [6.07, 6.45) is 1.92.